The van der Waals surface area contributed by atoms with Crippen molar-refractivity contribution in [1.82, 2.24) is 14.9 Å². The number of aromatic nitrogens is 2. The minimum Gasteiger partial charge on any atom is -0.390 e. The van der Waals surface area contributed by atoms with Gasteiger partial charge in [-0.3, -0.25) is 4.79 Å². The van der Waals surface area contributed by atoms with Crippen LogP contribution in [0.2, 0.25) is 0 Å². The first-order valence-corrected chi connectivity index (χ1v) is 7.87. The Hall–Kier alpha value is -2.92. The fraction of sp³-hybridized carbons (Fsp3) is 0.158. The average molecular weight is 319 g/mol. The average Bonchev–Trinajstić information content (AvgIpc) is 3.24. The van der Waals surface area contributed by atoms with Crippen molar-refractivity contribution in [1.29, 1.82) is 0 Å². The highest BCUT2D eigenvalue weighted by atomic mass is 16.3. The number of fused-ring (bicyclic) bond motifs is 1. The molecule has 0 fully saturated rings. The molecule has 1 aliphatic carbocycles. The maximum absolute atomic E-state index is 12.6. The number of nitrogens with one attached hydrogen (secondary N) is 1. The summed E-state index contributed by atoms with van der Waals surface area (Å²) in [5.74, 6) is -0.197. The van der Waals surface area contributed by atoms with Gasteiger partial charge >= 0.3 is 0 Å². The van der Waals surface area contributed by atoms with Gasteiger partial charge in [-0.1, -0.05) is 30.3 Å². The molecule has 0 saturated heterocycles. The second-order valence-electron chi connectivity index (χ2n) is 5.94. The van der Waals surface area contributed by atoms with Crippen LogP contribution < -0.4 is 5.32 Å². The van der Waals surface area contributed by atoms with Gasteiger partial charge in [-0.2, -0.15) is 0 Å². The Kier molecular flexibility index (Phi) is 3.63. The number of carbonyl (C=O) groups is 1. The van der Waals surface area contributed by atoms with Gasteiger partial charge in [0.2, 0.25) is 0 Å². The van der Waals surface area contributed by atoms with Crippen LogP contribution in [0.3, 0.4) is 0 Å². The van der Waals surface area contributed by atoms with Crippen molar-refractivity contribution < 1.29 is 9.90 Å². The molecule has 0 radical (unpaired) electrons. The summed E-state index contributed by atoms with van der Waals surface area (Å²) in [6, 6.07) is 14.8. The van der Waals surface area contributed by atoms with Crippen LogP contribution in [-0.4, -0.2) is 26.7 Å². The standard InChI is InChI=1S/C19H17N3O2/c23-17-11-13-4-1-2-7-16(13)18(17)21-19(24)14-5-3-6-15(10-14)22-9-8-20-12-22/h1-10,12,17-18,23H,11H2,(H,21,24)/t17-,18+/m1/s1. The Balaban J connectivity index is 1.58. The van der Waals surface area contributed by atoms with Gasteiger partial charge in [-0.15, -0.1) is 0 Å². The van der Waals surface area contributed by atoms with Gasteiger partial charge in [0.25, 0.3) is 5.91 Å². The number of rotatable bonds is 3. The predicted octanol–water partition coefficient (Wildman–Crippen LogP) is 2.26. The summed E-state index contributed by atoms with van der Waals surface area (Å²) in [6.45, 7) is 0. The zero-order valence-electron chi connectivity index (χ0n) is 13.0. The minimum absolute atomic E-state index is 0.197. The molecule has 2 aromatic carbocycles. The molecule has 5 heteroatoms. The van der Waals surface area contributed by atoms with E-state index in [4.69, 9.17) is 0 Å². The Morgan fingerprint density at radius 3 is 2.92 bits per heavy atom. The zero-order valence-corrected chi connectivity index (χ0v) is 13.0. The number of hydrogen-bond acceptors (Lipinski definition) is 3. The SMILES string of the molecule is O=C(N[C@H]1c2ccccc2C[C@H]1O)c1cccc(-n2ccnc2)c1. The quantitative estimate of drug-likeness (QED) is 0.778. The molecule has 5 nitrogen and oxygen atoms in total. The summed E-state index contributed by atoms with van der Waals surface area (Å²) in [4.78, 5) is 16.7. The van der Waals surface area contributed by atoms with E-state index < -0.39 is 6.10 Å². The van der Waals surface area contributed by atoms with E-state index in [0.717, 1.165) is 16.8 Å². The lowest BCUT2D eigenvalue weighted by molar-refractivity contribution is 0.0858. The smallest absolute Gasteiger partial charge is 0.251 e. The molecule has 0 unspecified atom stereocenters. The van der Waals surface area contributed by atoms with Gasteiger partial charge < -0.3 is 15.0 Å². The van der Waals surface area contributed by atoms with Gasteiger partial charge in [0.15, 0.2) is 0 Å². The van der Waals surface area contributed by atoms with Crippen molar-refractivity contribution in [3.8, 4) is 5.69 Å². The van der Waals surface area contributed by atoms with Crippen LogP contribution in [0.25, 0.3) is 5.69 Å². The number of imidazole rings is 1. The molecule has 0 saturated carbocycles. The van der Waals surface area contributed by atoms with Crippen LogP contribution in [0.15, 0.2) is 67.3 Å². The van der Waals surface area contributed by atoms with E-state index in [2.05, 4.69) is 10.3 Å². The summed E-state index contributed by atoms with van der Waals surface area (Å²) in [5, 5.41) is 13.2. The lowest BCUT2D eigenvalue weighted by Gasteiger charge is -2.18. The Morgan fingerprint density at radius 1 is 1.21 bits per heavy atom. The normalized spacial score (nSPS) is 19.0. The lowest BCUT2D eigenvalue weighted by Crippen LogP contribution is -2.33. The van der Waals surface area contributed by atoms with Crippen LogP contribution in [0.1, 0.15) is 27.5 Å². The predicted molar refractivity (Wildman–Crippen MR) is 89.9 cm³/mol. The molecular weight excluding hydrogens is 302 g/mol. The maximum atomic E-state index is 12.6. The van der Waals surface area contributed by atoms with Crippen molar-refractivity contribution in [2.45, 2.75) is 18.6 Å². The van der Waals surface area contributed by atoms with Crippen LogP contribution in [-0.2, 0) is 6.42 Å². The molecule has 0 spiro atoms. The van der Waals surface area contributed by atoms with Gasteiger partial charge in [-0.05, 0) is 29.3 Å². The third-order valence-corrected chi connectivity index (χ3v) is 4.40. The fourth-order valence-corrected chi connectivity index (χ4v) is 3.19. The first-order valence-electron chi connectivity index (χ1n) is 7.87. The number of nitrogens with zero attached hydrogens (tertiary/aromatic N) is 2. The molecule has 1 heterocycles. The topological polar surface area (TPSA) is 67.2 Å². The highest BCUT2D eigenvalue weighted by Crippen LogP contribution is 2.31. The number of carbonyl (C=O) groups excluding carboxylic acids is 1. The van der Waals surface area contributed by atoms with E-state index in [9.17, 15) is 9.90 Å². The number of benzene rings is 2. The van der Waals surface area contributed by atoms with Gasteiger partial charge in [0, 0.05) is 30.1 Å². The molecule has 1 aliphatic rings. The number of hydrogen-bond donors (Lipinski definition) is 2. The van der Waals surface area contributed by atoms with E-state index in [0.29, 0.717) is 12.0 Å². The number of aliphatic hydroxyl groups excluding tert-OH is 1. The van der Waals surface area contributed by atoms with Crippen LogP contribution in [0.5, 0.6) is 0 Å². The van der Waals surface area contributed by atoms with Crippen molar-refractivity contribution >= 4 is 5.91 Å². The molecule has 0 bridgehead atoms. The van der Waals surface area contributed by atoms with Crippen LogP contribution in [0.4, 0.5) is 0 Å². The van der Waals surface area contributed by atoms with E-state index in [1.54, 1.807) is 18.6 Å². The first kappa shape index (κ1) is 14.7. The monoisotopic (exact) mass is 319 g/mol. The Morgan fingerprint density at radius 2 is 2.08 bits per heavy atom. The molecule has 120 valence electrons. The van der Waals surface area contributed by atoms with Crippen molar-refractivity contribution in [2.24, 2.45) is 0 Å². The second kappa shape index (κ2) is 5.94. The lowest BCUT2D eigenvalue weighted by atomic mass is 10.1. The highest BCUT2D eigenvalue weighted by molar-refractivity contribution is 5.95. The maximum Gasteiger partial charge on any atom is 0.251 e. The van der Waals surface area contributed by atoms with Crippen molar-refractivity contribution in [2.75, 3.05) is 0 Å². The van der Waals surface area contributed by atoms with E-state index in [-0.39, 0.29) is 11.9 Å². The summed E-state index contributed by atoms with van der Waals surface area (Å²) >= 11 is 0. The Labute approximate surface area is 139 Å². The zero-order chi connectivity index (χ0) is 16.5. The molecule has 1 amide bonds. The van der Waals surface area contributed by atoms with Crippen LogP contribution in [0, 0.1) is 0 Å². The van der Waals surface area contributed by atoms with Gasteiger partial charge in [0.05, 0.1) is 18.5 Å². The van der Waals surface area contributed by atoms with E-state index >= 15 is 0 Å². The molecular formula is C19H17N3O2. The highest BCUT2D eigenvalue weighted by Gasteiger charge is 2.32. The van der Waals surface area contributed by atoms with E-state index in [1.807, 2.05) is 53.2 Å². The molecule has 0 aliphatic heterocycles. The molecule has 2 atom stereocenters. The number of amides is 1. The van der Waals surface area contributed by atoms with Gasteiger partial charge in [-0.25, -0.2) is 4.98 Å². The van der Waals surface area contributed by atoms with E-state index in [1.165, 1.54) is 0 Å². The summed E-state index contributed by atoms with van der Waals surface area (Å²) < 4.78 is 1.84. The third kappa shape index (κ3) is 2.59. The number of aliphatic hydroxyl groups is 1. The largest absolute Gasteiger partial charge is 0.390 e. The fourth-order valence-electron chi connectivity index (χ4n) is 3.19. The third-order valence-electron chi connectivity index (χ3n) is 4.40. The summed E-state index contributed by atoms with van der Waals surface area (Å²) in [7, 11) is 0. The molecule has 1 aromatic heterocycles. The first-order chi connectivity index (χ1) is 11.7. The Bertz CT molecular complexity index is 874. The van der Waals surface area contributed by atoms with Crippen molar-refractivity contribution in [3.63, 3.8) is 0 Å². The second-order valence-corrected chi connectivity index (χ2v) is 5.94. The molecule has 24 heavy (non-hydrogen) atoms. The summed E-state index contributed by atoms with van der Waals surface area (Å²) in [6.07, 6.45) is 5.18. The molecule has 4 rings (SSSR count). The minimum atomic E-state index is -0.594. The molecule has 3 aromatic rings. The van der Waals surface area contributed by atoms with Gasteiger partial charge in [0.1, 0.15) is 0 Å². The molecule has 2 N–H and O–H groups in total. The van der Waals surface area contributed by atoms with Crippen LogP contribution >= 0.6 is 0 Å². The summed E-state index contributed by atoms with van der Waals surface area (Å²) in [5.41, 5.74) is 3.50. The van der Waals surface area contributed by atoms with Crippen molar-refractivity contribution in [3.05, 3.63) is 83.9 Å².